The molecule has 0 fully saturated rings. The first-order valence-corrected chi connectivity index (χ1v) is 7.11. The highest BCUT2D eigenvalue weighted by molar-refractivity contribution is 6.42. The van der Waals surface area contributed by atoms with Crippen molar-refractivity contribution >= 4 is 23.2 Å². The highest BCUT2D eigenvalue weighted by Crippen LogP contribution is 2.32. The molecule has 4 heteroatoms. The number of hydrogen-bond acceptors (Lipinski definition) is 2. The van der Waals surface area contributed by atoms with E-state index in [-0.39, 0.29) is 6.10 Å². The Hall–Kier alpha value is -0.440. The molecule has 18 heavy (non-hydrogen) atoms. The molecule has 0 spiro atoms. The number of hydrogen-bond donors (Lipinski definition) is 1. The van der Waals surface area contributed by atoms with Crippen LogP contribution >= 0.6 is 23.2 Å². The van der Waals surface area contributed by atoms with Gasteiger partial charge in [-0.25, -0.2) is 0 Å². The normalized spacial score (nSPS) is 12.8. The summed E-state index contributed by atoms with van der Waals surface area (Å²) >= 11 is 12.1. The van der Waals surface area contributed by atoms with Crippen LogP contribution in [-0.2, 0) is 0 Å². The van der Waals surface area contributed by atoms with Crippen molar-refractivity contribution in [3.05, 3.63) is 28.2 Å². The summed E-state index contributed by atoms with van der Waals surface area (Å²) in [6.45, 7) is 8.27. The summed E-state index contributed by atoms with van der Waals surface area (Å²) in [5.41, 5.74) is 0. The molecule has 0 bridgehead atoms. The molecule has 0 aliphatic heterocycles. The molecule has 2 nitrogen and oxygen atoms in total. The maximum atomic E-state index is 6.10. The third kappa shape index (κ3) is 5.05. The van der Waals surface area contributed by atoms with Gasteiger partial charge in [0.2, 0.25) is 0 Å². The Morgan fingerprint density at radius 3 is 2.56 bits per heavy atom. The lowest BCUT2D eigenvalue weighted by Gasteiger charge is -2.20. The van der Waals surface area contributed by atoms with Gasteiger partial charge in [0.25, 0.3) is 0 Å². The molecule has 1 atom stereocenters. The van der Waals surface area contributed by atoms with E-state index in [1.165, 1.54) is 0 Å². The highest BCUT2D eigenvalue weighted by Gasteiger charge is 2.12. The van der Waals surface area contributed by atoms with Gasteiger partial charge in [-0.05, 0) is 31.0 Å². The monoisotopic (exact) mass is 289 g/mol. The first-order chi connectivity index (χ1) is 8.54. The third-order valence-corrected chi connectivity index (χ3v) is 3.39. The molecule has 0 aromatic heterocycles. The maximum absolute atomic E-state index is 6.10. The number of ether oxygens (including phenoxy) is 1. The lowest BCUT2D eigenvalue weighted by molar-refractivity contribution is 0.192. The van der Waals surface area contributed by atoms with Crippen LogP contribution in [0.3, 0.4) is 0 Å². The van der Waals surface area contributed by atoms with Crippen molar-refractivity contribution in [2.75, 3.05) is 13.1 Å². The van der Waals surface area contributed by atoms with E-state index in [0.29, 0.717) is 21.7 Å². The summed E-state index contributed by atoms with van der Waals surface area (Å²) in [6, 6.07) is 5.45. The summed E-state index contributed by atoms with van der Waals surface area (Å²) < 4.78 is 5.88. The summed E-state index contributed by atoms with van der Waals surface area (Å²) in [6.07, 6.45) is 1.04. The zero-order valence-corrected chi connectivity index (χ0v) is 12.7. The Morgan fingerprint density at radius 1 is 1.22 bits per heavy atom. The van der Waals surface area contributed by atoms with Crippen LogP contribution in [0.1, 0.15) is 27.2 Å². The van der Waals surface area contributed by atoms with Crippen LogP contribution in [-0.4, -0.2) is 19.2 Å². The lowest BCUT2D eigenvalue weighted by Crippen LogP contribution is -2.33. The molecule has 0 heterocycles. The van der Waals surface area contributed by atoms with Crippen LogP contribution in [0.4, 0.5) is 0 Å². The van der Waals surface area contributed by atoms with Crippen molar-refractivity contribution in [1.29, 1.82) is 0 Å². The van der Waals surface area contributed by atoms with Crippen molar-refractivity contribution in [2.45, 2.75) is 33.3 Å². The first kappa shape index (κ1) is 15.6. The second kappa shape index (κ2) is 7.88. The predicted octanol–water partition coefficient (Wildman–Crippen LogP) is 4.40. The van der Waals surface area contributed by atoms with E-state index < -0.39 is 0 Å². The smallest absolute Gasteiger partial charge is 0.139 e. The van der Waals surface area contributed by atoms with Crippen LogP contribution in [0.2, 0.25) is 10.0 Å². The Bertz CT molecular complexity index is 369. The predicted molar refractivity (Wildman–Crippen MR) is 78.9 cm³/mol. The average molecular weight is 290 g/mol. The van der Waals surface area contributed by atoms with E-state index in [1.807, 2.05) is 12.1 Å². The van der Waals surface area contributed by atoms with Crippen LogP contribution < -0.4 is 10.1 Å². The molecule has 1 rings (SSSR count). The molecule has 1 aromatic rings. The van der Waals surface area contributed by atoms with Gasteiger partial charge in [0.05, 0.1) is 5.02 Å². The maximum Gasteiger partial charge on any atom is 0.139 e. The topological polar surface area (TPSA) is 21.3 Å². The Balaban J connectivity index is 2.54. The third-order valence-electron chi connectivity index (χ3n) is 2.59. The van der Waals surface area contributed by atoms with Gasteiger partial charge in [0, 0.05) is 6.54 Å². The lowest BCUT2D eigenvalue weighted by atomic mass is 10.2. The zero-order valence-electron chi connectivity index (χ0n) is 11.2. The molecule has 0 saturated heterocycles. The van der Waals surface area contributed by atoms with Gasteiger partial charge in [-0.15, -0.1) is 0 Å². The van der Waals surface area contributed by atoms with Crippen LogP contribution in [0, 0.1) is 5.92 Å². The molecule has 1 aromatic carbocycles. The van der Waals surface area contributed by atoms with Gasteiger partial charge in [-0.1, -0.05) is 50.0 Å². The van der Waals surface area contributed by atoms with Crippen molar-refractivity contribution in [3.63, 3.8) is 0 Å². The summed E-state index contributed by atoms with van der Waals surface area (Å²) in [7, 11) is 0. The molecule has 0 amide bonds. The number of rotatable bonds is 7. The van der Waals surface area contributed by atoms with E-state index in [2.05, 4.69) is 26.1 Å². The fourth-order valence-electron chi connectivity index (χ4n) is 1.56. The van der Waals surface area contributed by atoms with Crippen molar-refractivity contribution in [2.24, 2.45) is 5.92 Å². The van der Waals surface area contributed by atoms with Gasteiger partial charge in [-0.2, -0.15) is 0 Å². The summed E-state index contributed by atoms with van der Waals surface area (Å²) in [5, 5.41) is 4.40. The SMILES string of the molecule is CCC(CNCC(C)C)Oc1cccc(Cl)c1Cl. The minimum absolute atomic E-state index is 0.111. The number of benzene rings is 1. The molecular formula is C14H21Cl2NO. The molecule has 102 valence electrons. The van der Waals surface area contributed by atoms with E-state index in [0.717, 1.165) is 19.5 Å². The van der Waals surface area contributed by atoms with Gasteiger partial charge in [-0.3, -0.25) is 0 Å². The summed E-state index contributed by atoms with van der Waals surface area (Å²) in [5.74, 6) is 1.29. The van der Waals surface area contributed by atoms with Crippen molar-refractivity contribution in [1.82, 2.24) is 5.32 Å². The average Bonchev–Trinajstić information content (AvgIpc) is 2.33. The summed E-state index contributed by atoms with van der Waals surface area (Å²) in [4.78, 5) is 0. The molecule has 1 N–H and O–H groups in total. The standard InChI is InChI=1S/C14H21Cl2NO/c1-4-11(9-17-8-10(2)3)18-13-7-5-6-12(15)14(13)16/h5-7,10-11,17H,4,8-9H2,1-3H3. The highest BCUT2D eigenvalue weighted by atomic mass is 35.5. The van der Waals surface area contributed by atoms with Crippen LogP contribution in [0.25, 0.3) is 0 Å². The quantitative estimate of drug-likeness (QED) is 0.803. The minimum atomic E-state index is 0.111. The fraction of sp³-hybridized carbons (Fsp3) is 0.571. The molecule has 0 aliphatic rings. The van der Waals surface area contributed by atoms with E-state index in [4.69, 9.17) is 27.9 Å². The number of halogens is 2. The molecule has 1 unspecified atom stereocenters. The van der Waals surface area contributed by atoms with Crippen LogP contribution in [0.5, 0.6) is 5.75 Å². The van der Waals surface area contributed by atoms with Crippen molar-refractivity contribution in [3.8, 4) is 5.75 Å². The van der Waals surface area contributed by atoms with Gasteiger partial charge >= 0.3 is 0 Å². The van der Waals surface area contributed by atoms with Gasteiger partial charge in [0.15, 0.2) is 0 Å². The Kier molecular flexibility index (Phi) is 6.83. The first-order valence-electron chi connectivity index (χ1n) is 6.36. The zero-order chi connectivity index (χ0) is 13.5. The molecule has 0 aliphatic carbocycles. The van der Waals surface area contributed by atoms with Gasteiger partial charge in [0.1, 0.15) is 16.9 Å². The minimum Gasteiger partial charge on any atom is -0.487 e. The largest absolute Gasteiger partial charge is 0.487 e. The molecule has 0 radical (unpaired) electrons. The Morgan fingerprint density at radius 2 is 1.94 bits per heavy atom. The van der Waals surface area contributed by atoms with E-state index in [1.54, 1.807) is 6.07 Å². The second-order valence-electron chi connectivity index (χ2n) is 4.75. The Labute approximate surface area is 120 Å². The van der Waals surface area contributed by atoms with Gasteiger partial charge < -0.3 is 10.1 Å². The molecule has 0 saturated carbocycles. The van der Waals surface area contributed by atoms with E-state index in [9.17, 15) is 0 Å². The fourth-order valence-corrected chi connectivity index (χ4v) is 1.89. The van der Waals surface area contributed by atoms with E-state index >= 15 is 0 Å². The van der Waals surface area contributed by atoms with Crippen LogP contribution in [0.15, 0.2) is 18.2 Å². The molecular weight excluding hydrogens is 269 g/mol. The number of nitrogens with one attached hydrogen (secondary N) is 1. The second-order valence-corrected chi connectivity index (χ2v) is 5.54. The van der Waals surface area contributed by atoms with Crippen molar-refractivity contribution < 1.29 is 4.74 Å².